The number of esters is 1. The van der Waals surface area contributed by atoms with Gasteiger partial charge in [-0.2, -0.15) is 6.15 Å². The van der Waals surface area contributed by atoms with Crippen LogP contribution in [0.3, 0.4) is 0 Å². The molecular formula is C20H41NO4. The first-order chi connectivity index (χ1) is 11.7. The Hall–Kier alpha value is -0.650. The quantitative estimate of drug-likeness (QED) is 0.278. The van der Waals surface area contributed by atoms with E-state index in [0.717, 1.165) is 32.1 Å². The second-order valence-corrected chi connectivity index (χ2v) is 6.81. The van der Waals surface area contributed by atoms with Gasteiger partial charge in [0.1, 0.15) is 6.61 Å². The van der Waals surface area contributed by atoms with E-state index in [2.05, 4.69) is 6.92 Å². The number of aliphatic hydroxyl groups excluding tert-OH is 2. The second-order valence-electron chi connectivity index (χ2n) is 6.81. The van der Waals surface area contributed by atoms with Crippen LogP contribution < -0.4 is 6.15 Å². The van der Waals surface area contributed by atoms with Crippen LogP contribution in [0.4, 0.5) is 0 Å². The number of hydrogen-bond acceptors (Lipinski definition) is 4. The molecule has 0 rings (SSSR count). The van der Waals surface area contributed by atoms with Crippen LogP contribution in [-0.2, 0) is 9.53 Å². The number of ether oxygens (including phenoxy) is 1. The zero-order chi connectivity index (χ0) is 17.9. The van der Waals surface area contributed by atoms with Crippen molar-refractivity contribution in [1.82, 2.24) is 6.15 Å². The summed E-state index contributed by atoms with van der Waals surface area (Å²) in [6.07, 6.45) is 16.5. The maximum atomic E-state index is 11.2. The van der Waals surface area contributed by atoms with Gasteiger partial charge in [-0.1, -0.05) is 77.6 Å². The summed E-state index contributed by atoms with van der Waals surface area (Å²) >= 11 is 0. The van der Waals surface area contributed by atoms with E-state index in [1.165, 1.54) is 57.8 Å². The molecule has 25 heavy (non-hydrogen) atoms. The molecule has 0 heterocycles. The molecule has 0 aliphatic heterocycles. The molecular weight excluding hydrogens is 318 g/mol. The Bertz CT molecular complexity index is 274. The number of carbonyl (C=O) groups excluding carboxylic acids is 1. The second kappa shape index (κ2) is 21.4. The Morgan fingerprint density at radius 1 is 0.840 bits per heavy atom. The van der Waals surface area contributed by atoms with E-state index in [4.69, 9.17) is 9.84 Å². The molecule has 0 amide bonds. The summed E-state index contributed by atoms with van der Waals surface area (Å²) in [5, 5.41) is 18.4. The summed E-state index contributed by atoms with van der Waals surface area (Å²) < 4.78 is 4.81. The zero-order valence-electron chi connectivity index (χ0n) is 16.3. The minimum absolute atomic E-state index is 0. The molecule has 0 saturated heterocycles. The van der Waals surface area contributed by atoms with Gasteiger partial charge < -0.3 is 14.9 Å². The Kier molecular flexibility index (Phi) is 22.7. The highest BCUT2D eigenvalue weighted by Gasteiger charge is 2.04. The third-order valence-electron chi connectivity index (χ3n) is 4.41. The third kappa shape index (κ3) is 21.3. The van der Waals surface area contributed by atoms with Crippen molar-refractivity contribution in [2.75, 3.05) is 13.2 Å². The van der Waals surface area contributed by atoms with E-state index in [1.54, 1.807) is 0 Å². The number of nitrogens with one attached hydrogen (secondary N) is 1. The smallest absolute Gasteiger partial charge is 0.305 e. The highest BCUT2D eigenvalue weighted by atomic mass is 16.5. The van der Waals surface area contributed by atoms with Crippen molar-refractivity contribution in [2.45, 2.75) is 109 Å². The molecule has 0 aliphatic carbocycles. The Morgan fingerprint density at radius 3 is 1.84 bits per heavy atom. The van der Waals surface area contributed by atoms with Gasteiger partial charge >= 0.3 is 5.97 Å². The van der Waals surface area contributed by atoms with Gasteiger partial charge in [0, 0.05) is 6.42 Å². The number of hydrogen-bond donors (Lipinski definition) is 2. The first-order valence-corrected chi connectivity index (χ1v) is 10.1. The number of carbonyl (C=O) groups is 1. The van der Waals surface area contributed by atoms with Gasteiger partial charge in [-0.25, -0.2) is 0 Å². The molecule has 0 saturated carbocycles. The van der Waals surface area contributed by atoms with Crippen LogP contribution in [0.1, 0.15) is 103 Å². The highest BCUT2D eigenvalue weighted by molar-refractivity contribution is 5.69. The first kappa shape index (κ1) is 26.6. The third-order valence-corrected chi connectivity index (χ3v) is 4.41. The molecule has 5 nitrogen and oxygen atoms in total. The summed E-state index contributed by atoms with van der Waals surface area (Å²) in [6.45, 7) is 2.23. The molecule has 5 heteroatoms. The number of unbranched alkanes of at least 4 members (excludes halogenated alkanes) is 10. The van der Waals surface area contributed by atoms with Gasteiger partial charge in [0.15, 0.2) is 0 Å². The van der Waals surface area contributed by atoms with Crippen molar-refractivity contribution in [3.05, 3.63) is 0 Å². The van der Waals surface area contributed by atoms with Crippen LogP contribution in [-0.4, -0.2) is 35.5 Å². The predicted molar refractivity (Wildman–Crippen MR) is 102 cm³/mol. The van der Waals surface area contributed by atoms with E-state index < -0.39 is 0 Å². The van der Waals surface area contributed by atoms with Gasteiger partial charge in [0.25, 0.3) is 0 Å². The first-order valence-electron chi connectivity index (χ1n) is 10.1. The molecule has 0 fully saturated rings. The standard InChI is InChI=1S/C20H40O4.HN/c1-2-3-4-11-14-19(22)15-12-9-7-5-6-8-10-13-16-20(23)24-18-17-21;/h19,21-22H,2-18H2,1H3;1H. The lowest BCUT2D eigenvalue weighted by Gasteiger charge is -2.10. The summed E-state index contributed by atoms with van der Waals surface area (Å²) in [5.74, 6) is -0.197. The normalized spacial score (nSPS) is 11.8. The number of rotatable bonds is 18. The van der Waals surface area contributed by atoms with Gasteiger partial charge in [0.2, 0.25) is 0 Å². The van der Waals surface area contributed by atoms with Crippen LogP contribution in [0.25, 0.3) is 0 Å². The summed E-state index contributed by atoms with van der Waals surface area (Å²) in [6, 6.07) is 0. The lowest BCUT2D eigenvalue weighted by molar-refractivity contribution is -0.144. The SMILES string of the molecule is CCCCCCC(O)CCCCCCCCCCC(=O)OCCO.[NH]. The highest BCUT2D eigenvalue weighted by Crippen LogP contribution is 2.14. The van der Waals surface area contributed by atoms with E-state index in [0.29, 0.717) is 6.42 Å². The van der Waals surface area contributed by atoms with Crippen LogP contribution in [0.5, 0.6) is 0 Å². The van der Waals surface area contributed by atoms with Gasteiger partial charge in [-0.05, 0) is 19.3 Å². The summed E-state index contributed by atoms with van der Waals surface area (Å²) in [4.78, 5) is 11.2. The summed E-state index contributed by atoms with van der Waals surface area (Å²) in [5.41, 5.74) is 0. The minimum Gasteiger partial charge on any atom is -0.463 e. The molecule has 3 N–H and O–H groups in total. The molecule has 0 aromatic carbocycles. The molecule has 1 unspecified atom stereocenters. The van der Waals surface area contributed by atoms with Crippen LogP contribution in [0.2, 0.25) is 0 Å². The zero-order valence-corrected chi connectivity index (χ0v) is 16.3. The Labute approximate surface area is 155 Å². The number of aliphatic hydroxyl groups is 2. The molecule has 2 radical (unpaired) electrons. The predicted octanol–water partition coefficient (Wildman–Crippen LogP) is 4.49. The van der Waals surface area contributed by atoms with Gasteiger partial charge in [-0.3, -0.25) is 4.79 Å². The van der Waals surface area contributed by atoms with Crippen molar-refractivity contribution in [3.63, 3.8) is 0 Å². The fourth-order valence-electron chi connectivity index (χ4n) is 2.89. The molecule has 0 bridgehead atoms. The minimum atomic E-state index is -0.197. The average molecular weight is 360 g/mol. The molecule has 0 aromatic heterocycles. The lowest BCUT2D eigenvalue weighted by Crippen LogP contribution is -2.07. The molecule has 0 aliphatic rings. The maximum Gasteiger partial charge on any atom is 0.305 e. The summed E-state index contributed by atoms with van der Waals surface area (Å²) in [7, 11) is 0. The fraction of sp³-hybridized carbons (Fsp3) is 0.950. The molecule has 0 aromatic rings. The van der Waals surface area contributed by atoms with E-state index >= 15 is 0 Å². The van der Waals surface area contributed by atoms with Crippen molar-refractivity contribution >= 4 is 5.97 Å². The Balaban J connectivity index is 0. The van der Waals surface area contributed by atoms with E-state index in [9.17, 15) is 9.90 Å². The van der Waals surface area contributed by atoms with Gasteiger partial charge in [0.05, 0.1) is 12.7 Å². The molecule has 1 atom stereocenters. The molecule has 150 valence electrons. The maximum absolute atomic E-state index is 11.2. The van der Waals surface area contributed by atoms with E-state index in [1.807, 2.05) is 0 Å². The van der Waals surface area contributed by atoms with Crippen LogP contribution in [0, 0.1) is 0 Å². The van der Waals surface area contributed by atoms with Crippen LogP contribution in [0.15, 0.2) is 0 Å². The van der Waals surface area contributed by atoms with Crippen molar-refractivity contribution in [3.8, 4) is 0 Å². The largest absolute Gasteiger partial charge is 0.463 e. The van der Waals surface area contributed by atoms with E-state index in [-0.39, 0.29) is 31.4 Å². The topological polar surface area (TPSA) is 98.8 Å². The fourth-order valence-corrected chi connectivity index (χ4v) is 2.89. The Morgan fingerprint density at radius 2 is 1.32 bits per heavy atom. The van der Waals surface area contributed by atoms with Crippen molar-refractivity contribution in [2.24, 2.45) is 0 Å². The monoisotopic (exact) mass is 359 g/mol. The molecule has 0 spiro atoms. The van der Waals surface area contributed by atoms with Crippen LogP contribution >= 0.6 is 0 Å². The lowest BCUT2D eigenvalue weighted by atomic mass is 10.0. The van der Waals surface area contributed by atoms with Crippen molar-refractivity contribution in [1.29, 1.82) is 0 Å². The van der Waals surface area contributed by atoms with Gasteiger partial charge in [-0.15, -0.1) is 0 Å². The average Bonchev–Trinajstić information content (AvgIpc) is 2.58. The van der Waals surface area contributed by atoms with Crippen molar-refractivity contribution < 1.29 is 19.7 Å².